The van der Waals surface area contributed by atoms with Gasteiger partial charge in [-0.05, 0) is 25.2 Å². The molecule has 0 aromatic heterocycles. The van der Waals surface area contributed by atoms with Crippen molar-refractivity contribution in [2.24, 2.45) is 0 Å². The Labute approximate surface area is 116 Å². The molecule has 1 aromatic rings. The molecule has 0 aliphatic rings. The maximum Gasteiger partial charge on any atom is 0.225 e. The number of nitrogens with zero attached hydrogens (tertiary/aromatic N) is 1. The fourth-order valence-corrected chi connectivity index (χ4v) is 1.90. The van der Waals surface area contributed by atoms with Crippen LogP contribution in [0.5, 0.6) is 5.75 Å². The van der Waals surface area contributed by atoms with Crippen LogP contribution in [0.2, 0.25) is 0 Å². The number of benzene rings is 1. The summed E-state index contributed by atoms with van der Waals surface area (Å²) < 4.78 is 6.68. The van der Waals surface area contributed by atoms with Crippen LogP contribution in [0.1, 0.15) is 12.0 Å². The Kier molecular flexibility index (Phi) is 6.15. The van der Waals surface area contributed by atoms with Gasteiger partial charge in [0.1, 0.15) is 5.75 Å². The predicted octanol–water partition coefficient (Wildman–Crippen LogP) is 2.03. The average Bonchev–Trinajstić information content (AvgIpc) is 2.32. The highest BCUT2D eigenvalue weighted by molar-refractivity contribution is 9.10. The minimum Gasteiger partial charge on any atom is -0.493 e. The summed E-state index contributed by atoms with van der Waals surface area (Å²) in [6.45, 7) is 1.13. The van der Waals surface area contributed by atoms with Crippen LogP contribution in [0.25, 0.3) is 0 Å². The first kappa shape index (κ1) is 15.0. The Morgan fingerprint density at radius 2 is 2.17 bits per heavy atom. The van der Waals surface area contributed by atoms with Crippen molar-refractivity contribution in [2.75, 3.05) is 27.7 Å². The summed E-state index contributed by atoms with van der Waals surface area (Å²) in [4.78, 5) is 13.0. The zero-order valence-electron chi connectivity index (χ0n) is 11.0. The number of nitrogens with one attached hydrogen (secondary N) is 1. The molecule has 0 aliphatic heterocycles. The highest BCUT2D eigenvalue weighted by atomic mass is 79.9. The molecule has 100 valence electrons. The van der Waals surface area contributed by atoms with Gasteiger partial charge in [0.2, 0.25) is 5.91 Å². The van der Waals surface area contributed by atoms with E-state index in [0.717, 1.165) is 22.3 Å². The smallest absolute Gasteiger partial charge is 0.225 e. The summed E-state index contributed by atoms with van der Waals surface area (Å²) in [6.07, 6.45) is 0.391. The van der Waals surface area contributed by atoms with Crippen molar-refractivity contribution in [3.05, 3.63) is 28.2 Å². The Morgan fingerprint density at radius 3 is 2.78 bits per heavy atom. The van der Waals surface area contributed by atoms with Crippen molar-refractivity contribution in [3.63, 3.8) is 0 Å². The van der Waals surface area contributed by atoms with Crippen LogP contribution < -0.4 is 10.1 Å². The normalized spacial score (nSPS) is 10.2. The van der Waals surface area contributed by atoms with Crippen molar-refractivity contribution in [3.8, 4) is 5.75 Å². The quantitative estimate of drug-likeness (QED) is 0.873. The van der Waals surface area contributed by atoms with Crippen molar-refractivity contribution in [1.29, 1.82) is 0 Å². The minimum atomic E-state index is 0.0716. The van der Waals surface area contributed by atoms with Crippen molar-refractivity contribution < 1.29 is 9.53 Å². The standard InChI is InChI=1S/C13H19BrN2O2/c1-15-9-10-8-11(14)4-5-12(10)18-7-6-13(17)16(2)3/h4-5,8,15H,6-7,9H2,1-3H3. The van der Waals surface area contributed by atoms with E-state index in [4.69, 9.17) is 4.74 Å². The van der Waals surface area contributed by atoms with E-state index in [1.807, 2.05) is 25.2 Å². The lowest BCUT2D eigenvalue weighted by Crippen LogP contribution is -2.23. The largest absolute Gasteiger partial charge is 0.493 e. The van der Waals surface area contributed by atoms with E-state index < -0.39 is 0 Å². The van der Waals surface area contributed by atoms with Crippen LogP contribution >= 0.6 is 15.9 Å². The lowest BCUT2D eigenvalue weighted by molar-refractivity contribution is -0.129. The Balaban J connectivity index is 2.58. The van der Waals surface area contributed by atoms with E-state index in [1.54, 1.807) is 19.0 Å². The van der Waals surface area contributed by atoms with Crippen molar-refractivity contribution in [1.82, 2.24) is 10.2 Å². The number of rotatable bonds is 6. The summed E-state index contributed by atoms with van der Waals surface area (Å²) >= 11 is 3.43. The average molecular weight is 315 g/mol. The summed E-state index contributed by atoms with van der Waals surface area (Å²) in [7, 11) is 5.38. The first-order valence-corrected chi connectivity index (χ1v) is 6.60. The fraction of sp³-hybridized carbons (Fsp3) is 0.462. The molecule has 0 bridgehead atoms. The molecule has 0 saturated heterocycles. The molecule has 5 heteroatoms. The molecular formula is C13H19BrN2O2. The van der Waals surface area contributed by atoms with Gasteiger partial charge in [0, 0.05) is 30.7 Å². The first-order chi connectivity index (χ1) is 8.54. The third-order valence-corrected chi connectivity index (χ3v) is 2.96. The molecule has 1 rings (SSSR count). The van der Waals surface area contributed by atoms with Crippen LogP contribution in [0.15, 0.2) is 22.7 Å². The molecule has 0 fully saturated rings. The van der Waals surface area contributed by atoms with E-state index in [1.165, 1.54) is 0 Å². The van der Waals surface area contributed by atoms with Gasteiger partial charge in [-0.2, -0.15) is 0 Å². The van der Waals surface area contributed by atoms with Gasteiger partial charge in [0.05, 0.1) is 13.0 Å². The number of halogens is 1. The lowest BCUT2D eigenvalue weighted by atomic mass is 10.2. The van der Waals surface area contributed by atoms with Gasteiger partial charge in [-0.15, -0.1) is 0 Å². The monoisotopic (exact) mass is 314 g/mol. The molecular weight excluding hydrogens is 296 g/mol. The number of amides is 1. The van der Waals surface area contributed by atoms with Gasteiger partial charge in [0.15, 0.2) is 0 Å². The van der Waals surface area contributed by atoms with Gasteiger partial charge in [0.25, 0.3) is 0 Å². The summed E-state index contributed by atoms with van der Waals surface area (Å²) in [5, 5.41) is 3.09. The Bertz CT molecular complexity index is 408. The number of carbonyl (C=O) groups is 1. The van der Waals surface area contributed by atoms with Gasteiger partial charge in [-0.1, -0.05) is 15.9 Å². The molecule has 0 heterocycles. The van der Waals surface area contributed by atoms with Crippen LogP contribution in [0.4, 0.5) is 0 Å². The molecule has 4 nitrogen and oxygen atoms in total. The molecule has 1 N–H and O–H groups in total. The highest BCUT2D eigenvalue weighted by Crippen LogP contribution is 2.23. The second-order valence-corrected chi connectivity index (χ2v) is 5.08. The molecule has 0 unspecified atom stereocenters. The van der Waals surface area contributed by atoms with E-state index in [-0.39, 0.29) is 5.91 Å². The van der Waals surface area contributed by atoms with Crippen molar-refractivity contribution >= 4 is 21.8 Å². The molecule has 18 heavy (non-hydrogen) atoms. The number of ether oxygens (including phenoxy) is 1. The van der Waals surface area contributed by atoms with Gasteiger partial charge >= 0.3 is 0 Å². The van der Waals surface area contributed by atoms with Crippen molar-refractivity contribution in [2.45, 2.75) is 13.0 Å². The van der Waals surface area contributed by atoms with Gasteiger partial charge in [-0.25, -0.2) is 0 Å². The van der Waals surface area contributed by atoms with Crippen LogP contribution in [0.3, 0.4) is 0 Å². The van der Waals surface area contributed by atoms with Crippen LogP contribution in [0, 0.1) is 0 Å². The molecule has 0 spiro atoms. The lowest BCUT2D eigenvalue weighted by Gasteiger charge is -2.13. The first-order valence-electron chi connectivity index (χ1n) is 5.80. The number of carbonyl (C=O) groups excluding carboxylic acids is 1. The summed E-state index contributed by atoms with van der Waals surface area (Å²) in [5.74, 6) is 0.890. The molecule has 1 aromatic carbocycles. The highest BCUT2D eigenvalue weighted by Gasteiger charge is 2.07. The van der Waals surface area contributed by atoms with E-state index in [9.17, 15) is 4.79 Å². The van der Waals surface area contributed by atoms with Gasteiger partial charge in [-0.3, -0.25) is 4.79 Å². The van der Waals surface area contributed by atoms with E-state index in [0.29, 0.717) is 13.0 Å². The second kappa shape index (κ2) is 7.38. The summed E-state index contributed by atoms with van der Waals surface area (Å²) in [5.41, 5.74) is 1.07. The zero-order chi connectivity index (χ0) is 13.5. The number of hydrogen-bond acceptors (Lipinski definition) is 3. The molecule has 0 saturated carbocycles. The predicted molar refractivity (Wildman–Crippen MR) is 75.7 cm³/mol. The van der Waals surface area contributed by atoms with Crippen LogP contribution in [-0.4, -0.2) is 38.6 Å². The fourth-order valence-electron chi connectivity index (χ4n) is 1.49. The third kappa shape index (κ3) is 4.66. The number of hydrogen-bond donors (Lipinski definition) is 1. The maximum absolute atomic E-state index is 11.4. The summed E-state index contributed by atoms with van der Waals surface area (Å²) in [6, 6.07) is 5.86. The molecule has 1 amide bonds. The van der Waals surface area contributed by atoms with Crippen LogP contribution in [-0.2, 0) is 11.3 Å². The second-order valence-electron chi connectivity index (χ2n) is 4.17. The zero-order valence-corrected chi connectivity index (χ0v) is 12.6. The SMILES string of the molecule is CNCc1cc(Br)ccc1OCCC(=O)N(C)C. The maximum atomic E-state index is 11.4. The molecule has 0 radical (unpaired) electrons. The molecule has 0 aliphatic carbocycles. The van der Waals surface area contributed by atoms with E-state index >= 15 is 0 Å². The Hall–Kier alpha value is -1.07. The van der Waals surface area contributed by atoms with E-state index in [2.05, 4.69) is 21.2 Å². The third-order valence-electron chi connectivity index (χ3n) is 2.46. The van der Waals surface area contributed by atoms with Gasteiger partial charge < -0.3 is 15.0 Å². The Morgan fingerprint density at radius 1 is 1.44 bits per heavy atom. The topological polar surface area (TPSA) is 41.6 Å². The minimum absolute atomic E-state index is 0.0716. The molecule has 0 atom stereocenters.